The molecule has 0 atom stereocenters. The zero-order valence-corrected chi connectivity index (χ0v) is 13.9. The van der Waals surface area contributed by atoms with Gasteiger partial charge in [-0.25, -0.2) is 4.79 Å². The molecule has 0 aliphatic heterocycles. The van der Waals surface area contributed by atoms with E-state index in [4.69, 9.17) is 4.74 Å². The van der Waals surface area contributed by atoms with Crippen molar-refractivity contribution in [2.24, 2.45) is 0 Å². The number of phenolic OH excluding ortho intramolecular Hbond substituents is 1. The minimum Gasteiger partial charge on any atom is -0.508 e. The number of urea groups is 1. The van der Waals surface area contributed by atoms with E-state index in [-0.39, 0.29) is 11.8 Å². The summed E-state index contributed by atoms with van der Waals surface area (Å²) < 4.78 is 5.68. The van der Waals surface area contributed by atoms with E-state index in [0.717, 1.165) is 29.7 Å². The number of amides is 2. The lowest BCUT2D eigenvalue weighted by atomic mass is 10.1. The average Bonchev–Trinajstić information content (AvgIpc) is 2.58. The van der Waals surface area contributed by atoms with Gasteiger partial charge in [-0.15, -0.1) is 0 Å². The molecule has 0 aromatic heterocycles. The zero-order valence-electron chi connectivity index (χ0n) is 13.9. The number of hydrogen-bond donors (Lipinski definition) is 3. The Balaban J connectivity index is 1.53. The minimum atomic E-state index is -0.176. The second-order valence-electron chi connectivity index (χ2n) is 5.57. The van der Waals surface area contributed by atoms with Crippen molar-refractivity contribution in [3.63, 3.8) is 0 Å². The van der Waals surface area contributed by atoms with Gasteiger partial charge in [0.2, 0.25) is 0 Å². The summed E-state index contributed by atoms with van der Waals surface area (Å²) in [7, 11) is 0. The second kappa shape index (κ2) is 9.45. The molecule has 3 N–H and O–H groups in total. The number of ether oxygens (including phenoxy) is 1. The molecule has 0 aliphatic rings. The quantitative estimate of drug-likeness (QED) is 0.652. The summed E-state index contributed by atoms with van der Waals surface area (Å²) in [6.45, 7) is 3.70. The van der Waals surface area contributed by atoms with E-state index in [1.165, 1.54) is 0 Å². The SMILES string of the molecule is Cc1ccccc1OCCCNC(=O)NCCc1ccc(O)cc1. The first-order valence-electron chi connectivity index (χ1n) is 8.13. The van der Waals surface area contributed by atoms with Gasteiger partial charge in [0.25, 0.3) is 0 Å². The molecule has 0 heterocycles. The van der Waals surface area contributed by atoms with Gasteiger partial charge in [0, 0.05) is 13.1 Å². The van der Waals surface area contributed by atoms with Crippen LogP contribution in [0.4, 0.5) is 4.79 Å². The summed E-state index contributed by atoms with van der Waals surface area (Å²) in [4.78, 5) is 11.7. The van der Waals surface area contributed by atoms with Crippen molar-refractivity contribution in [1.82, 2.24) is 10.6 Å². The molecule has 24 heavy (non-hydrogen) atoms. The highest BCUT2D eigenvalue weighted by Crippen LogP contribution is 2.16. The summed E-state index contributed by atoms with van der Waals surface area (Å²) in [5, 5.41) is 14.8. The van der Waals surface area contributed by atoms with E-state index >= 15 is 0 Å². The topological polar surface area (TPSA) is 70.6 Å². The molecule has 2 rings (SSSR count). The molecule has 0 spiro atoms. The first-order chi connectivity index (χ1) is 11.6. The molecule has 2 aromatic rings. The summed E-state index contributed by atoms with van der Waals surface area (Å²) in [6.07, 6.45) is 1.48. The smallest absolute Gasteiger partial charge is 0.314 e. The standard InChI is InChI=1S/C19H24N2O3/c1-15-5-2-3-6-18(15)24-14-4-12-20-19(23)21-13-11-16-7-9-17(22)10-8-16/h2-3,5-10,22H,4,11-14H2,1H3,(H2,20,21,23). The van der Waals surface area contributed by atoms with E-state index in [0.29, 0.717) is 19.7 Å². The Morgan fingerprint density at radius 2 is 1.75 bits per heavy atom. The largest absolute Gasteiger partial charge is 0.508 e. The molecule has 0 radical (unpaired) electrons. The van der Waals surface area contributed by atoms with Crippen LogP contribution in [0.15, 0.2) is 48.5 Å². The molecule has 0 saturated heterocycles. The Bertz CT molecular complexity index is 641. The van der Waals surface area contributed by atoms with Crippen molar-refractivity contribution in [3.05, 3.63) is 59.7 Å². The lowest BCUT2D eigenvalue weighted by Crippen LogP contribution is -2.37. The van der Waals surface area contributed by atoms with Gasteiger partial charge in [-0.2, -0.15) is 0 Å². The highest BCUT2D eigenvalue weighted by Gasteiger charge is 2.01. The first kappa shape index (κ1) is 17.7. The van der Waals surface area contributed by atoms with Crippen LogP contribution < -0.4 is 15.4 Å². The van der Waals surface area contributed by atoms with Crippen LogP contribution in [-0.4, -0.2) is 30.8 Å². The monoisotopic (exact) mass is 328 g/mol. The lowest BCUT2D eigenvalue weighted by Gasteiger charge is -2.10. The molecule has 128 valence electrons. The number of phenols is 1. The third kappa shape index (κ3) is 6.20. The Morgan fingerprint density at radius 3 is 2.50 bits per heavy atom. The molecule has 0 bridgehead atoms. The predicted molar refractivity (Wildman–Crippen MR) is 94.5 cm³/mol. The fourth-order valence-corrected chi connectivity index (χ4v) is 2.22. The van der Waals surface area contributed by atoms with Crippen LogP contribution in [0, 0.1) is 6.92 Å². The summed E-state index contributed by atoms with van der Waals surface area (Å²) >= 11 is 0. The Hall–Kier alpha value is -2.69. The maximum Gasteiger partial charge on any atom is 0.314 e. The number of benzene rings is 2. The fraction of sp³-hybridized carbons (Fsp3) is 0.316. The summed E-state index contributed by atoms with van der Waals surface area (Å²) in [6, 6.07) is 14.7. The van der Waals surface area contributed by atoms with Gasteiger partial charge in [0.05, 0.1) is 6.61 Å². The Kier molecular flexibility index (Phi) is 6.95. The number of carbonyl (C=O) groups excluding carboxylic acids is 1. The van der Waals surface area contributed by atoms with Crippen LogP contribution in [-0.2, 0) is 6.42 Å². The molecule has 2 aromatic carbocycles. The van der Waals surface area contributed by atoms with Crippen molar-refractivity contribution in [2.75, 3.05) is 19.7 Å². The first-order valence-corrected chi connectivity index (χ1v) is 8.13. The van der Waals surface area contributed by atoms with E-state index in [9.17, 15) is 9.90 Å². The van der Waals surface area contributed by atoms with Crippen LogP contribution in [0.25, 0.3) is 0 Å². The Morgan fingerprint density at radius 1 is 1.04 bits per heavy atom. The van der Waals surface area contributed by atoms with Gasteiger partial charge >= 0.3 is 6.03 Å². The number of aromatic hydroxyl groups is 1. The zero-order chi connectivity index (χ0) is 17.2. The van der Waals surface area contributed by atoms with Crippen LogP contribution in [0.5, 0.6) is 11.5 Å². The number of rotatable bonds is 8. The molecule has 2 amide bonds. The molecular formula is C19H24N2O3. The highest BCUT2D eigenvalue weighted by atomic mass is 16.5. The third-order valence-corrected chi connectivity index (χ3v) is 3.59. The van der Waals surface area contributed by atoms with Gasteiger partial charge in [0.15, 0.2) is 0 Å². The Labute approximate surface area is 142 Å². The number of para-hydroxylation sites is 1. The van der Waals surface area contributed by atoms with Gasteiger partial charge < -0.3 is 20.5 Å². The fourth-order valence-electron chi connectivity index (χ4n) is 2.22. The molecular weight excluding hydrogens is 304 g/mol. The van der Waals surface area contributed by atoms with Crippen LogP contribution in [0.3, 0.4) is 0 Å². The van der Waals surface area contributed by atoms with Gasteiger partial charge in [-0.05, 0) is 49.1 Å². The van der Waals surface area contributed by atoms with Crippen molar-refractivity contribution >= 4 is 6.03 Å². The second-order valence-corrected chi connectivity index (χ2v) is 5.57. The van der Waals surface area contributed by atoms with Crippen molar-refractivity contribution in [3.8, 4) is 11.5 Å². The molecule has 5 nitrogen and oxygen atoms in total. The van der Waals surface area contributed by atoms with Crippen LogP contribution in [0.2, 0.25) is 0 Å². The molecule has 0 saturated carbocycles. The number of carbonyl (C=O) groups is 1. The van der Waals surface area contributed by atoms with Crippen LogP contribution >= 0.6 is 0 Å². The van der Waals surface area contributed by atoms with Gasteiger partial charge in [0.1, 0.15) is 11.5 Å². The van der Waals surface area contributed by atoms with E-state index in [1.807, 2.05) is 43.3 Å². The summed E-state index contributed by atoms with van der Waals surface area (Å²) in [5.74, 6) is 1.13. The maximum absolute atomic E-state index is 11.7. The molecule has 5 heteroatoms. The van der Waals surface area contributed by atoms with Crippen LogP contribution in [0.1, 0.15) is 17.5 Å². The number of aryl methyl sites for hydroxylation is 1. The summed E-state index contributed by atoms with van der Waals surface area (Å²) in [5.41, 5.74) is 2.18. The van der Waals surface area contributed by atoms with Crippen molar-refractivity contribution in [1.29, 1.82) is 0 Å². The minimum absolute atomic E-state index is 0.176. The van der Waals surface area contributed by atoms with Crippen molar-refractivity contribution in [2.45, 2.75) is 19.8 Å². The van der Waals surface area contributed by atoms with Gasteiger partial charge in [-0.1, -0.05) is 30.3 Å². The maximum atomic E-state index is 11.7. The molecule has 0 fully saturated rings. The molecule has 0 unspecified atom stereocenters. The van der Waals surface area contributed by atoms with Gasteiger partial charge in [-0.3, -0.25) is 0 Å². The van der Waals surface area contributed by atoms with E-state index < -0.39 is 0 Å². The normalized spacial score (nSPS) is 10.2. The number of hydrogen-bond acceptors (Lipinski definition) is 3. The predicted octanol–water partition coefficient (Wildman–Crippen LogP) is 3.01. The molecule has 0 aliphatic carbocycles. The highest BCUT2D eigenvalue weighted by molar-refractivity contribution is 5.73. The van der Waals surface area contributed by atoms with E-state index in [2.05, 4.69) is 10.6 Å². The van der Waals surface area contributed by atoms with E-state index in [1.54, 1.807) is 12.1 Å². The van der Waals surface area contributed by atoms with Crippen molar-refractivity contribution < 1.29 is 14.6 Å². The third-order valence-electron chi connectivity index (χ3n) is 3.59. The lowest BCUT2D eigenvalue weighted by molar-refractivity contribution is 0.239. The average molecular weight is 328 g/mol. The number of nitrogens with one attached hydrogen (secondary N) is 2.